The predicted octanol–water partition coefficient (Wildman–Crippen LogP) is 1.38. The van der Waals surface area contributed by atoms with Crippen LogP contribution in [0.25, 0.3) is 0 Å². The molecule has 2 rings (SSSR count). The van der Waals surface area contributed by atoms with Crippen LogP contribution < -0.4 is 11.3 Å². The maximum atomic E-state index is 12.3. The van der Waals surface area contributed by atoms with Crippen LogP contribution in [0.15, 0.2) is 18.3 Å². The third-order valence-electron chi connectivity index (χ3n) is 3.30. The molecular weight excluding hydrogens is 216 g/mol. The molecule has 0 aromatic carbocycles. The zero-order valence-electron chi connectivity index (χ0n) is 10.2. The molecule has 5 nitrogen and oxygen atoms in total. The second kappa shape index (κ2) is 4.33. The lowest BCUT2D eigenvalue weighted by Gasteiger charge is -2.31. The van der Waals surface area contributed by atoms with Crippen molar-refractivity contribution < 1.29 is 4.79 Å². The minimum absolute atomic E-state index is 0.0450. The third-order valence-corrected chi connectivity index (χ3v) is 3.30. The van der Waals surface area contributed by atoms with Crippen molar-refractivity contribution in [3.8, 4) is 0 Å². The predicted molar refractivity (Wildman–Crippen MR) is 66.4 cm³/mol. The molecule has 0 spiro atoms. The first-order valence-corrected chi connectivity index (χ1v) is 5.79. The fraction of sp³-hybridized carbons (Fsp3) is 0.500. The fourth-order valence-electron chi connectivity index (χ4n) is 2.25. The van der Waals surface area contributed by atoms with Crippen molar-refractivity contribution in [2.45, 2.75) is 32.2 Å². The average molecular weight is 234 g/mol. The van der Waals surface area contributed by atoms with Gasteiger partial charge in [-0.15, -0.1) is 0 Å². The van der Waals surface area contributed by atoms with E-state index in [0.29, 0.717) is 11.4 Å². The summed E-state index contributed by atoms with van der Waals surface area (Å²) in [5.74, 6) is 5.84. The highest BCUT2D eigenvalue weighted by atomic mass is 16.2. The van der Waals surface area contributed by atoms with E-state index in [-0.39, 0.29) is 11.4 Å². The highest BCUT2D eigenvalue weighted by molar-refractivity contribution is 5.94. The molecule has 3 N–H and O–H groups in total. The Morgan fingerprint density at radius 3 is 2.76 bits per heavy atom. The molecule has 0 radical (unpaired) electrons. The number of carbonyl (C=O) groups is 1. The Morgan fingerprint density at radius 1 is 1.53 bits per heavy atom. The summed E-state index contributed by atoms with van der Waals surface area (Å²) in [6.07, 6.45) is 3.68. The average Bonchev–Trinajstić information content (AvgIpc) is 2.68. The van der Waals surface area contributed by atoms with Crippen LogP contribution in [0.3, 0.4) is 0 Å². The van der Waals surface area contributed by atoms with Gasteiger partial charge in [-0.1, -0.05) is 0 Å². The van der Waals surface area contributed by atoms with Gasteiger partial charge in [0.2, 0.25) is 0 Å². The smallest absolute Gasteiger partial charge is 0.255 e. The molecule has 1 aliphatic rings. The monoisotopic (exact) mass is 234 g/mol. The number of nitrogens with zero attached hydrogens (tertiary/aromatic N) is 2. The molecule has 5 heteroatoms. The summed E-state index contributed by atoms with van der Waals surface area (Å²) in [5, 5.41) is 0. The Labute approximate surface area is 101 Å². The summed E-state index contributed by atoms with van der Waals surface area (Å²) in [5.41, 5.74) is 3.00. The van der Waals surface area contributed by atoms with Gasteiger partial charge in [-0.3, -0.25) is 4.79 Å². The lowest BCUT2D eigenvalue weighted by atomic mass is 10.0. The Balaban J connectivity index is 2.19. The van der Waals surface area contributed by atoms with E-state index in [4.69, 9.17) is 5.84 Å². The summed E-state index contributed by atoms with van der Waals surface area (Å²) in [6, 6.07) is 3.45. The molecule has 0 bridgehead atoms. The summed E-state index contributed by atoms with van der Waals surface area (Å²) >= 11 is 0. The second-order valence-corrected chi connectivity index (χ2v) is 4.95. The van der Waals surface area contributed by atoms with Crippen molar-refractivity contribution in [2.75, 3.05) is 12.0 Å². The lowest BCUT2D eigenvalue weighted by Crippen LogP contribution is -2.42. The number of likely N-dealkylation sites (tertiary alicyclic amines) is 1. The van der Waals surface area contributed by atoms with E-state index in [2.05, 4.69) is 24.3 Å². The first kappa shape index (κ1) is 11.9. The minimum atomic E-state index is -0.0537. The van der Waals surface area contributed by atoms with Gasteiger partial charge in [0.1, 0.15) is 5.82 Å². The molecule has 1 fully saturated rings. The standard InChI is InChI=1S/C12H18N4O/c1-12(2)6-3-7-16(12)11(17)9-4-5-10(15-13)14-8-9/h4-5,8H,3,6-7,13H2,1-2H3,(H,14,15). The summed E-state index contributed by atoms with van der Waals surface area (Å²) in [6.45, 7) is 5.02. The van der Waals surface area contributed by atoms with Crippen LogP contribution in [0.4, 0.5) is 5.82 Å². The number of nitrogens with two attached hydrogens (primary N) is 1. The maximum Gasteiger partial charge on any atom is 0.255 e. The number of pyridine rings is 1. The molecular formula is C12H18N4O. The number of hydrogen-bond acceptors (Lipinski definition) is 4. The minimum Gasteiger partial charge on any atom is -0.333 e. The number of amides is 1. The first-order valence-electron chi connectivity index (χ1n) is 5.79. The maximum absolute atomic E-state index is 12.3. The number of carbonyl (C=O) groups excluding carboxylic acids is 1. The van der Waals surface area contributed by atoms with Crippen LogP contribution in [-0.2, 0) is 0 Å². The van der Waals surface area contributed by atoms with Gasteiger partial charge in [0.25, 0.3) is 5.91 Å². The van der Waals surface area contributed by atoms with Crippen LogP contribution in [0.1, 0.15) is 37.0 Å². The molecule has 0 atom stereocenters. The van der Waals surface area contributed by atoms with Gasteiger partial charge in [0.05, 0.1) is 5.56 Å². The molecule has 1 aliphatic heterocycles. The number of nitrogen functional groups attached to an aromatic ring is 1. The normalized spacial score (nSPS) is 18.2. The van der Waals surface area contributed by atoms with E-state index in [1.54, 1.807) is 18.3 Å². The highest BCUT2D eigenvalue weighted by Gasteiger charge is 2.35. The molecule has 1 aromatic heterocycles. The Kier molecular flexibility index (Phi) is 3.02. The first-order chi connectivity index (χ1) is 8.04. The zero-order chi connectivity index (χ0) is 12.5. The summed E-state index contributed by atoms with van der Waals surface area (Å²) in [7, 11) is 0. The van der Waals surface area contributed by atoms with Gasteiger partial charge in [0.15, 0.2) is 0 Å². The van der Waals surface area contributed by atoms with Gasteiger partial charge in [-0.25, -0.2) is 10.8 Å². The van der Waals surface area contributed by atoms with Crippen LogP contribution in [0.2, 0.25) is 0 Å². The Morgan fingerprint density at radius 2 is 2.29 bits per heavy atom. The number of nitrogens with one attached hydrogen (secondary N) is 1. The van der Waals surface area contributed by atoms with E-state index in [1.165, 1.54) is 0 Å². The third kappa shape index (κ3) is 2.24. The molecule has 92 valence electrons. The van der Waals surface area contributed by atoms with Crippen molar-refractivity contribution >= 4 is 11.7 Å². The molecule has 0 unspecified atom stereocenters. The van der Waals surface area contributed by atoms with Crippen molar-refractivity contribution in [1.29, 1.82) is 0 Å². The van der Waals surface area contributed by atoms with Crippen LogP contribution in [0, 0.1) is 0 Å². The largest absolute Gasteiger partial charge is 0.333 e. The molecule has 2 heterocycles. The molecule has 17 heavy (non-hydrogen) atoms. The van der Waals surface area contributed by atoms with Crippen LogP contribution >= 0.6 is 0 Å². The van der Waals surface area contributed by atoms with Gasteiger partial charge < -0.3 is 10.3 Å². The molecule has 1 saturated heterocycles. The van der Waals surface area contributed by atoms with Crippen molar-refractivity contribution in [3.05, 3.63) is 23.9 Å². The topological polar surface area (TPSA) is 71.2 Å². The number of rotatable bonds is 2. The highest BCUT2D eigenvalue weighted by Crippen LogP contribution is 2.29. The van der Waals surface area contributed by atoms with Crippen molar-refractivity contribution in [3.63, 3.8) is 0 Å². The van der Waals surface area contributed by atoms with Crippen LogP contribution in [-0.4, -0.2) is 27.9 Å². The van der Waals surface area contributed by atoms with Crippen LogP contribution in [0.5, 0.6) is 0 Å². The number of hydrazine groups is 1. The SMILES string of the molecule is CC1(C)CCCN1C(=O)c1ccc(NN)nc1. The van der Waals surface area contributed by atoms with Gasteiger partial charge in [0, 0.05) is 18.3 Å². The quantitative estimate of drug-likeness (QED) is 0.599. The summed E-state index contributed by atoms with van der Waals surface area (Å²) < 4.78 is 0. The second-order valence-electron chi connectivity index (χ2n) is 4.95. The molecule has 1 aromatic rings. The van der Waals surface area contributed by atoms with Gasteiger partial charge in [-0.05, 0) is 38.8 Å². The van der Waals surface area contributed by atoms with Crippen molar-refractivity contribution in [2.24, 2.45) is 5.84 Å². The lowest BCUT2D eigenvalue weighted by molar-refractivity contribution is 0.0651. The Bertz CT molecular complexity index is 413. The fourth-order valence-corrected chi connectivity index (χ4v) is 2.25. The molecule has 1 amide bonds. The van der Waals surface area contributed by atoms with Gasteiger partial charge >= 0.3 is 0 Å². The number of hydrogen-bond donors (Lipinski definition) is 2. The van der Waals surface area contributed by atoms with E-state index >= 15 is 0 Å². The van der Waals surface area contributed by atoms with E-state index in [9.17, 15) is 4.79 Å². The number of aromatic nitrogens is 1. The Hall–Kier alpha value is -1.62. The zero-order valence-corrected chi connectivity index (χ0v) is 10.2. The number of anilines is 1. The van der Waals surface area contributed by atoms with Crippen molar-refractivity contribution in [1.82, 2.24) is 9.88 Å². The summed E-state index contributed by atoms with van der Waals surface area (Å²) in [4.78, 5) is 18.3. The van der Waals surface area contributed by atoms with E-state index in [0.717, 1.165) is 19.4 Å². The van der Waals surface area contributed by atoms with E-state index < -0.39 is 0 Å². The molecule has 0 saturated carbocycles. The van der Waals surface area contributed by atoms with E-state index in [1.807, 2.05) is 4.90 Å². The molecule has 0 aliphatic carbocycles. The van der Waals surface area contributed by atoms with Gasteiger partial charge in [-0.2, -0.15) is 0 Å².